The fourth-order valence-electron chi connectivity index (χ4n) is 3.03. The summed E-state index contributed by atoms with van der Waals surface area (Å²) < 4.78 is 0. The maximum Gasteiger partial charge on any atom is 0.225 e. The molecule has 5 heteroatoms. The van der Waals surface area contributed by atoms with E-state index in [-0.39, 0.29) is 11.9 Å². The number of nitrogens with zero attached hydrogens (tertiary/aromatic N) is 2. The Morgan fingerprint density at radius 3 is 2.92 bits per heavy atom. The van der Waals surface area contributed by atoms with Gasteiger partial charge in [0.25, 0.3) is 0 Å². The van der Waals surface area contributed by atoms with E-state index in [2.05, 4.69) is 15.3 Å². The molecule has 1 amide bonds. The number of amides is 1. The van der Waals surface area contributed by atoms with Crippen molar-refractivity contribution in [3.63, 3.8) is 0 Å². The van der Waals surface area contributed by atoms with Gasteiger partial charge in [-0.3, -0.25) is 9.78 Å². The van der Waals surface area contributed by atoms with Gasteiger partial charge in [-0.15, -0.1) is 11.3 Å². The van der Waals surface area contributed by atoms with Gasteiger partial charge in [0.05, 0.1) is 18.0 Å². The molecule has 0 saturated heterocycles. The molecule has 2 aromatic heterocycles. The monoisotopic (exact) mass is 337 g/mol. The maximum atomic E-state index is 12.6. The normalized spacial score (nSPS) is 15.4. The SMILES string of the molecule is Cc1csc([C@H](NC(=O)Cc2cccc3cccnc23)C2CC2)n1. The Morgan fingerprint density at radius 2 is 2.17 bits per heavy atom. The first-order valence-corrected chi connectivity index (χ1v) is 9.12. The maximum absolute atomic E-state index is 12.6. The van der Waals surface area contributed by atoms with Gasteiger partial charge in [-0.1, -0.05) is 24.3 Å². The third kappa shape index (κ3) is 3.17. The summed E-state index contributed by atoms with van der Waals surface area (Å²) in [6.07, 6.45) is 4.45. The lowest BCUT2D eigenvalue weighted by molar-refractivity contribution is -0.121. The predicted octanol–water partition coefficient (Wildman–Crippen LogP) is 3.81. The third-order valence-corrected chi connectivity index (χ3v) is 5.43. The van der Waals surface area contributed by atoms with E-state index in [0.717, 1.165) is 27.2 Å². The van der Waals surface area contributed by atoms with Crippen LogP contribution in [-0.2, 0) is 11.2 Å². The second-order valence-corrected chi connectivity index (χ2v) is 7.27. The van der Waals surface area contributed by atoms with Gasteiger partial charge in [0, 0.05) is 22.7 Å². The first-order chi connectivity index (χ1) is 11.7. The van der Waals surface area contributed by atoms with Gasteiger partial charge in [0.1, 0.15) is 5.01 Å². The summed E-state index contributed by atoms with van der Waals surface area (Å²) >= 11 is 1.64. The molecule has 1 atom stereocenters. The van der Waals surface area contributed by atoms with E-state index in [0.29, 0.717) is 12.3 Å². The number of aryl methyl sites for hydroxylation is 1. The van der Waals surface area contributed by atoms with Crippen LogP contribution >= 0.6 is 11.3 Å². The summed E-state index contributed by atoms with van der Waals surface area (Å²) in [4.78, 5) is 21.6. The van der Waals surface area contributed by atoms with Gasteiger partial charge >= 0.3 is 0 Å². The van der Waals surface area contributed by atoms with Crippen molar-refractivity contribution in [3.05, 3.63) is 58.2 Å². The fourth-order valence-corrected chi connectivity index (χ4v) is 3.97. The Kier molecular flexibility index (Phi) is 4.02. The number of nitrogens with one attached hydrogen (secondary N) is 1. The van der Waals surface area contributed by atoms with Crippen molar-refractivity contribution in [2.45, 2.75) is 32.2 Å². The lowest BCUT2D eigenvalue weighted by Crippen LogP contribution is -2.31. The van der Waals surface area contributed by atoms with Crippen LogP contribution in [0.3, 0.4) is 0 Å². The number of rotatable bonds is 5. The van der Waals surface area contributed by atoms with Gasteiger partial charge in [0.15, 0.2) is 0 Å². The molecule has 0 aliphatic heterocycles. The van der Waals surface area contributed by atoms with Crippen molar-refractivity contribution < 1.29 is 4.79 Å². The highest BCUT2D eigenvalue weighted by Gasteiger charge is 2.35. The lowest BCUT2D eigenvalue weighted by atomic mass is 10.1. The molecule has 1 aromatic carbocycles. The van der Waals surface area contributed by atoms with Crippen molar-refractivity contribution in [1.29, 1.82) is 0 Å². The highest BCUT2D eigenvalue weighted by molar-refractivity contribution is 7.09. The molecule has 4 rings (SSSR count). The summed E-state index contributed by atoms with van der Waals surface area (Å²) in [5.74, 6) is 0.572. The molecule has 24 heavy (non-hydrogen) atoms. The molecule has 0 bridgehead atoms. The molecule has 1 fully saturated rings. The first kappa shape index (κ1) is 15.3. The predicted molar refractivity (Wildman–Crippen MR) is 95.9 cm³/mol. The topological polar surface area (TPSA) is 54.9 Å². The van der Waals surface area contributed by atoms with Crippen molar-refractivity contribution in [1.82, 2.24) is 15.3 Å². The van der Waals surface area contributed by atoms with Gasteiger partial charge in [0.2, 0.25) is 5.91 Å². The van der Waals surface area contributed by atoms with Crippen LogP contribution in [0.2, 0.25) is 0 Å². The number of hydrogen-bond acceptors (Lipinski definition) is 4. The smallest absolute Gasteiger partial charge is 0.225 e. The van der Waals surface area contributed by atoms with Crippen LogP contribution in [-0.4, -0.2) is 15.9 Å². The number of carbonyl (C=O) groups excluding carboxylic acids is 1. The number of carbonyl (C=O) groups is 1. The zero-order valence-corrected chi connectivity index (χ0v) is 14.3. The Labute approximate surface area is 145 Å². The largest absolute Gasteiger partial charge is 0.346 e. The van der Waals surface area contributed by atoms with E-state index < -0.39 is 0 Å². The molecule has 2 heterocycles. The van der Waals surface area contributed by atoms with Crippen molar-refractivity contribution in [2.24, 2.45) is 5.92 Å². The molecule has 1 N–H and O–H groups in total. The van der Waals surface area contributed by atoms with Crippen LogP contribution in [0.25, 0.3) is 10.9 Å². The number of hydrogen-bond donors (Lipinski definition) is 1. The second-order valence-electron chi connectivity index (χ2n) is 6.38. The van der Waals surface area contributed by atoms with Crippen molar-refractivity contribution in [3.8, 4) is 0 Å². The molecule has 0 radical (unpaired) electrons. The van der Waals surface area contributed by atoms with Crippen LogP contribution in [0.5, 0.6) is 0 Å². The summed E-state index contributed by atoms with van der Waals surface area (Å²) in [6, 6.07) is 9.98. The quantitative estimate of drug-likeness (QED) is 0.770. The number of benzene rings is 1. The molecule has 1 saturated carbocycles. The van der Waals surface area contributed by atoms with E-state index in [1.165, 1.54) is 12.8 Å². The van der Waals surface area contributed by atoms with E-state index in [9.17, 15) is 4.79 Å². The molecule has 1 aliphatic carbocycles. The number of thiazole rings is 1. The lowest BCUT2D eigenvalue weighted by Gasteiger charge is -2.16. The molecule has 1 aliphatic rings. The Bertz CT molecular complexity index is 880. The highest BCUT2D eigenvalue weighted by atomic mass is 32.1. The van der Waals surface area contributed by atoms with Crippen LogP contribution < -0.4 is 5.32 Å². The van der Waals surface area contributed by atoms with E-state index in [1.807, 2.05) is 42.6 Å². The second kappa shape index (κ2) is 6.32. The summed E-state index contributed by atoms with van der Waals surface area (Å²) in [6.45, 7) is 1.99. The minimum Gasteiger partial charge on any atom is -0.346 e. The number of aromatic nitrogens is 2. The summed E-state index contributed by atoms with van der Waals surface area (Å²) in [7, 11) is 0. The number of para-hydroxylation sites is 1. The number of fused-ring (bicyclic) bond motifs is 1. The zero-order valence-electron chi connectivity index (χ0n) is 13.5. The standard InChI is InChI=1S/C19H19N3OS/c1-12-11-24-19(21-12)18(14-7-8-14)22-16(23)10-15-5-2-4-13-6-3-9-20-17(13)15/h2-6,9,11,14,18H,7-8,10H2,1H3,(H,22,23)/t18-/m1/s1. The van der Waals surface area contributed by atoms with E-state index in [1.54, 1.807) is 17.5 Å². The van der Waals surface area contributed by atoms with E-state index in [4.69, 9.17) is 0 Å². The average molecular weight is 337 g/mol. The van der Waals surface area contributed by atoms with Crippen LogP contribution in [0, 0.1) is 12.8 Å². The Balaban J connectivity index is 1.53. The van der Waals surface area contributed by atoms with Crippen LogP contribution in [0.4, 0.5) is 0 Å². The summed E-state index contributed by atoms with van der Waals surface area (Å²) in [5, 5.41) is 7.34. The first-order valence-electron chi connectivity index (χ1n) is 8.25. The fraction of sp³-hybridized carbons (Fsp3) is 0.316. The Morgan fingerprint density at radius 1 is 1.33 bits per heavy atom. The number of pyridine rings is 1. The van der Waals surface area contributed by atoms with Gasteiger partial charge in [-0.25, -0.2) is 4.98 Å². The molecule has 0 spiro atoms. The highest BCUT2D eigenvalue weighted by Crippen LogP contribution is 2.41. The van der Waals surface area contributed by atoms with E-state index >= 15 is 0 Å². The average Bonchev–Trinajstić information content (AvgIpc) is 3.34. The van der Waals surface area contributed by atoms with Crippen molar-refractivity contribution in [2.75, 3.05) is 0 Å². The minimum atomic E-state index is 0.0397. The molecule has 3 aromatic rings. The Hall–Kier alpha value is -2.27. The molecular formula is C19H19N3OS. The third-order valence-electron chi connectivity index (χ3n) is 4.38. The molecular weight excluding hydrogens is 318 g/mol. The van der Waals surface area contributed by atoms with Gasteiger partial charge in [-0.2, -0.15) is 0 Å². The van der Waals surface area contributed by atoms with Crippen molar-refractivity contribution >= 4 is 28.1 Å². The van der Waals surface area contributed by atoms with Gasteiger partial charge < -0.3 is 5.32 Å². The molecule has 122 valence electrons. The zero-order chi connectivity index (χ0) is 16.5. The van der Waals surface area contributed by atoms with Crippen LogP contribution in [0.15, 0.2) is 41.9 Å². The molecule has 0 unspecified atom stereocenters. The minimum absolute atomic E-state index is 0.0397. The van der Waals surface area contributed by atoms with Crippen LogP contribution in [0.1, 0.15) is 35.1 Å². The molecule has 4 nitrogen and oxygen atoms in total. The summed E-state index contributed by atoms with van der Waals surface area (Å²) in [5.41, 5.74) is 2.90. The van der Waals surface area contributed by atoms with Gasteiger partial charge in [-0.05, 0) is 37.3 Å².